The average Bonchev–Trinajstić information content (AvgIpc) is 3.41. The van der Waals surface area contributed by atoms with Crippen molar-refractivity contribution in [1.29, 1.82) is 0 Å². The highest BCUT2D eigenvalue weighted by Crippen LogP contribution is 2.20. The van der Waals surface area contributed by atoms with Crippen molar-refractivity contribution in [2.75, 3.05) is 10.6 Å². The van der Waals surface area contributed by atoms with Gasteiger partial charge in [0.15, 0.2) is 0 Å². The van der Waals surface area contributed by atoms with Crippen molar-refractivity contribution in [3.8, 4) is 0 Å². The SMILES string of the molecule is O=C(CC1NC(=O)c2ccccc2NC1=O)Nc1n[nH]c(CCc2c[nH]c3ccccc23)n1. The number of aryl methyl sites for hydroxylation is 2. The molecule has 1 aliphatic rings. The predicted molar refractivity (Wildman–Crippen MR) is 122 cm³/mol. The quantitative estimate of drug-likeness (QED) is 0.310. The molecule has 166 valence electrons. The fraction of sp³-hybridized carbons (Fsp3) is 0.174. The van der Waals surface area contributed by atoms with Crippen molar-refractivity contribution in [3.63, 3.8) is 0 Å². The van der Waals surface area contributed by atoms with Crippen LogP contribution in [0.3, 0.4) is 0 Å². The molecule has 10 heteroatoms. The van der Waals surface area contributed by atoms with Gasteiger partial charge in [-0.2, -0.15) is 4.98 Å². The van der Waals surface area contributed by atoms with Gasteiger partial charge in [-0.15, -0.1) is 5.10 Å². The third kappa shape index (κ3) is 4.31. The summed E-state index contributed by atoms with van der Waals surface area (Å²) in [5.74, 6) is -0.607. The van der Waals surface area contributed by atoms with Crippen LogP contribution in [0.2, 0.25) is 0 Å². The summed E-state index contributed by atoms with van der Waals surface area (Å²) in [6, 6.07) is 13.7. The van der Waals surface area contributed by atoms with Gasteiger partial charge in [0.25, 0.3) is 5.91 Å². The first-order valence-corrected chi connectivity index (χ1v) is 10.5. The number of carbonyl (C=O) groups excluding carboxylic acids is 3. The van der Waals surface area contributed by atoms with Crippen LogP contribution in [0, 0.1) is 0 Å². The van der Waals surface area contributed by atoms with Gasteiger partial charge < -0.3 is 15.6 Å². The van der Waals surface area contributed by atoms with Crippen molar-refractivity contribution in [1.82, 2.24) is 25.5 Å². The zero-order valence-electron chi connectivity index (χ0n) is 17.5. The maximum Gasteiger partial charge on any atom is 0.254 e. The van der Waals surface area contributed by atoms with Gasteiger partial charge in [-0.25, -0.2) is 0 Å². The second-order valence-electron chi connectivity index (χ2n) is 7.78. The summed E-state index contributed by atoms with van der Waals surface area (Å²) in [5.41, 5.74) is 3.01. The highest BCUT2D eigenvalue weighted by atomic mass is 16.2. The van der Waals surface area contributed by atoms with Gasteiger partial charge in [-0.3, -0.25) is 24.8 Å². The third-order valence-corrected chi connectivity index (χ3v) is 5.53. The van der Waals surface area contributed by atoms with E-state index in [0.717, 1.165) is 17.3 Å². The minimum atomic E-state index is -1.01. The van der Waals surface area contributed by atoms with Crippen LogP contribution in [0.1, 0.15) is 28.2 Å². The van der Waals surface area contributed by atoms with Crippen LogP contribution >= 0.6 is 0 Å². The lowest BCUT2D eigenvalue weighted by molar-refractivity contribution is -0.122. The van der Waals surface area contributed by atoms with Crippen LogP contribution in [0.15, 0.2) is 54.7 Å². The van der Waals surface area contributed by atoms with Crippen LogP contribution in [0.25, 0.3) is 10.9 Å². The lowest BCUT2D eigenvalue weighted by Gasteiger charge is -2.13. The second kappa shape index (κ2) is 8.58. The molecule has 5 rings (SSSR count). The molecule has 1 unspecified atom stereocenters. The number of anilines is 2. The molecular weight excluding hydrogens is 422 g/mol. The summed E-state index contributed by atoms with van der Waals surface area (Å²) in [6.07, 6.45) is 3.10. The Morgan fingerprint density at radius 1 is 1.03 bits per heavy atom. The highest BCUT2D eigenvalue weighted by molar-refractivity contribution is 6.11. The molecule has 33 heavy (non-hydrogen) atoms. The number of aromatic amines is 2. The number of amides is 3. The van der Waals surface area contributed by atoms with Crippen molar-refractivity contribution in [2.45, 2.75) is 25.3 Å². The molecule has 10 nitrogen and oxygen atoms in total. The first-order valence-electron chi connectivity index (χ1n) is 10.5. The van der Waals surface area contributed by atoms with E-state index in [-0.39, 0.29) is 12.4 Å². The Morgan fingerprint density at radius 3 is 2.76 bits per heavy atom. The molecule has 2 aromatic heterocycles. The number of aromatic nitrogens is 4. The largest absolute Gasteiger partial charge is 0.361 e. The number of H-pyrrole nitrogens is 2. The number of para-hydroxylation sites is 2. The Labute approximate surface area is 188 Å². The molecule has 0 aliphatic carbocycles. The topological polar surface area (TPSA) is 145 Å². The fourth-order valence-corrected chi connectivity index (χ4v) is 3.87. The van der Waals surface area contributed by atoms with Gasteiger partial charge >= 0.3 is 0 Å². The van der Waals surface area contributed by atoms with Gasteiger partial charge in [0.1, 0.15) is 11.9 Å². The molecule has 4 aromatic rings. The number of benzene rings is 2. The standard InChI is InChI=1S/C23H21N7O3/c31-20(11-18-22(33)25-17-8-4-2-6-15(17)21(32)26-18)28-23-27-19(29-30-23)10-9-13-12-24-16-7-3-1-5-14(13)16/h1-8,12,18,24H,9-11H2,(H,25,33)(H,26,32)(H2,27,28,29,30,31). The van der Waals surface area contributed by atoms with E-state index < -0.39 is 23.8 Å². The average molecular weight is 443 g/mol. The molecule has 3 amide bonds. The zero-order chi connectivity index (χ0) is 22.8. The number of nitrogens with one attached hydrogen (secondary N) is 5. The predicted octanol–water partition coefficient (Wildman–Crippen LogP) is 2.15. The Hall–Kier alpha value is -4.47. The molecule has 1 atom stereocenters. The minimum Gasteiger partial charge on any atom is -0.361 e. The Balaban J connectivity index is 1.18. The molecule has 5 N–H and O–H groups in total. The fourth-order valence-electron chi connectivity index (χ4n) is 3.87. The summed E-state index contributed by atoms with van der Waals surface area (Å²) < 4.78 is 0. The molecule has 0 bridgehead atoms. The number of hydrogen-bond acceptors (Lipinski definition) is 5. The monoisotopic (exact) mass is 443 g/mol. The maximum atomic E-state index is 12.5. The smallest absolute Gasteiger partial charge is 0.254 e. The van der Waals surface area contributed by atoms with Crippen molar-refractivity contribution in [2.24, 2.45) is 0 Å². The van der Waals surface area contributed by atoms with E-state index in [9.17, 15) is 14.4 Å². The summed E-state index contributed by atoms with van der Waals surface area (Å²) in [6.45, 7) is 0. The van der Waals surface area contributed by atoms with Crippen LogP contribution in [-0.4, -0.2) is 43.9 Å². The molecule has 1 aliphatic heterocycles. The lowest BCUT2D eigenvalue weighted by Crippen LogP contribution is -2.43. The lowest BCUT2D eigenvalue weighted by atomic mass is 10.1. The van der Waals surface area contributed by atoms with Crippen molar-refractivity contribution < 1.29 is 14.4 Å². The van der Waals surface area contributed by atoms with E-state index in [1.165, 1.54) is 5.56 Å². The van der Waals surface area contributed by atoms with Gasteiger partial charge in [0, 0.05) is 23.5 Å². The Bertz CT molecular complexity index is 1360. The van der Waals surface area contributed by atoms with Gasteiger partial charge in [0.2, 0.25) is 17.8 Å². The summed E-state index contributed by atoms with van der Waals surface area (Å²) in [5, 5.41) is 15.9. The maximum absolute atomic E-state index is 12.5. The minimum absolute atomic E-state index is 0.123. The normalized spacial score (nSPS) is 15.5. The number of rotatable bonds is 6. The third-order valence-electron chi connectivity index (χ3n) is 5.53. The van der Waals surface area contributed by atoms with Crippen molar-refractivity contribution >= 4 is 40.3 Å². The highest BCUT2D eigenvalue weighted by Gasteiger charge is 2.29. The molecule has 0 spiro atoms. The van der Waals surface area contributed by atoms with Crippen LogP contribution < -0.4 is 16.0 Å². The number of hydrogen-bond donors (Lipinski definition) is 5. The second-order valence-corrected chi connectivity index (χ2v) is 7.78. The summed E-state index contributed by atoms with van der Waals surface area (Å²) in [7, 11) is 0. The van der Waals surface area contributed by atoms with E-state index in [1.54, 1.807) is 24.3 Å². The first-order chi connectivity index (χ1) is 16.1. The number of fused-ring (bicyclic) bond motifs is 2. The van der Waals surface area contributed by atoms with Gasteiger partial charge in [-0.05, 0) is 30.2 Å². The van der Waals surface area contributed by atoms with Crippen LogP contribution in [0.5, 0.6) is 0 Å². The molecule has 3 heterocycles. The molecule has 0 fully saturated rings. The van der Waals surface area contributed by atoms with Gasteiger partial charge in [0.05, 0.1) is 17.7 Å². The molecule has 0 saturated carbocycles. The van der Waals surface area contributed by atoms with E-state index in [4.69, 9.17) is 0 Å². The Kier molecular flexibility index (Phi) is 5.31. The van der Waals surface area contributed by atoms with Gasteiger partial charge in [-0.1, -0.05) is 30.3 Å². The molecular formula is C23H21N7O3. The molecule has 0 radical (unpaired) electrons. The summed E-state index contributed by atoms with van der Waals surface area (Å²) >= 11 is 0. The first kappa shape index (κ1) is 20.4. The van der Waals surface area contributed by atoms with Crippen LogP contribution in [0.4, 0.5) is 11.6 Å². The van der Waals surface area contributed by atoms with E-state index in [1.807, 2.05) is 24.4 Å². The van der Waals surface area contributed by atoms with E-state index >= 15 is 0 Å². The van der Waals surface area contributed by atoms with E-state index in [2.05, 4.69) is 42.2 Å². The Morgan fingerprint density at radius 2 is 1.85 bits per heavy atom. The zero-order valence-corrected chi connectivity index (χ0v) is 17.5. The van der Waals surface area contributed by atoms with Crippen molar-refractivity contribution in [3.05, 3.63) is 71.7 Å². The summed E-state index contributed by atoms with van der Waals surface area (Å²) in [4.78, 5) is 44.9. The van der Waals surface area contributed by atoms with E-state index in [0.29, 0.717) is 23.5 Å². The molecule has 0 saturated heterocycles. The molecule has 2 aromatic carbocycles. The number of carbonyl (C=O) groups is 3. The van der Waals surface area contributed by atoms with Crippen LogP contribution in [-0.2, 0) is 22.4 Å². The number of nitrogens with zero attached hydrogens (tertiary/aromatic N) is 2.